The summed E-state index contributed by atoms with van der Waals surface area (Å²) in [5.74, 6) is 0.884. The highest BCUT2D eigenvalue weighted by Gasteiger charge is 2.38. The Morgan fingerprint density at radius 2 is 2.00 bits per heavy atom. The van der Waals surface area contributed by atoms with Gasteiger partial charge in [0, 0.05) is 15.9 Å². The molecule has 1 aliphatic rings. The van der Waals surface area contributed by atoms with Crippen LogP contribution in [0.3, 0.4) is 0 Å². The highest BCUT2D eigenvalue weighted by molar-refractivity contribution is 9.10. The van der Waals surface area contributed by atoms with E-state index in [1.54, 1.807) is 12.1 Å². The van der Waals surface area contributed by atoms with Crippen molar-refractivity contribution in [3.63, 3.8) is 0 Å². The molecule has 7 heteroatoms. The standard InChI is InChI=1S/C14H18BrCl2NO2S/c1-10-4-6-14(9-16,7-5-10)18-21(19,20)13-3-2-11(15)8-12(13)17/h2-3,8,10,18H,4-7,9H2,1H3. The maximum atomic E-state index is 12.6. The number of nitrogens with one attached hydrogen (secondary N) is 1. The monoisotopic (exact) mass is 413 g/mol. The Bertz CT molecular complexity index is 613. The lowest BCUT2D eigenvalue weighted by molar-refractivity contribution is 0.247. The first-order valence-corrected chi connectivity index (χ1v) is 10.0. The molecule has 118 valence electrons. The SMILES string of the molecule is CC1CCC(CCl)(NS(=O)(=O)c2ccc(Br)cc2Cl)CC1. The minimum Gasteiger partial charge on any atom is -0.207 e. The summed E-state index contributed by atoms with van der Waals surface area (Å²) in [6.45, 7) is 2.18. The van der Waals surface area contributed by atoms with Gasteiger partial charge in [0.2, 0.25) is 10.0 Å². The molecule has 0 aliphatic heterocycles. The average molecular weight is 415 g/mol. The van der Waals surface area contributed by atoms with Crippen molar-refractivity contribution in [3.8, 4) is 0 Å². The highest BCUT2D eigenvalue weighted by atomic mass is 79.9. The van der Waals surface area contributed by atoms with E-state index < -0.39 is 15.6 Å². The molecule has 0 amide bonds. The number of hydrogen-bond acceptors (Lipinski definition) is 2. The van der Waals surface area contributed by atoms with Gasteiger partial charge in [-0.3, -0.25) is 0 Å². The van der Waals surface area contributed by atoms with Gasteiger partial charge in [-0.2, -0.15) is 0 Å². The molecule has 1 aromatic carbocycles. The predicted molar refractivity (Wildman–Crippen MR) is 90.6 cm³/mol. The zero-order valence-corrected chi connectivity index (χ0v) is 15.6. The van der Waals surface area contributed by atoms with E-state index in [9.17, 15) is 8.42 Å². The maximum Gasteiger partial charge on any atom is 0.242 e. The minimum atomic E-state index is -3.68. The molecule has 2 rings (SSSR count). The average Bonchev–Trinajstić information content (AvgIpc) is 2.41. The summed E-state index contributed by atoms with van der Waals surface area (Å²) in [5.41, 5.74) is -0.566. The van der Waals surface area contributed by atoms with Crippen LogP contribution in [0.2, 0.25) is 5.02 Å². The fourth-order valence-corrected chi connectivity index (χ4v) is 5.52. The van der Waals surface area contributed by atoms with Gasteiger partial charge >= 0.3 is 0 Å². The zero-order valence-electron chi connectivity index (χ0n) is 11.7. The van der Waals surface area contributed by atoms with Crippen molar-refractivity contribution < 1.29 is 8.42 Å². The van der Waals surface area contributed by atoms with Gasteiger partial charge in [-0.1, -0.05) is 34.5 Å². The molecule has 21 heavy (non-hydrogen) atoms. The molecule has 0 heterocycles. The summed E-state index contributed by atoms with van der Waals surface area (Å²) in [6, 6.07) is 4.74. The molecule has 0 radical (unpaired) electrons. The van der Waals surface area contributed by atoms with E-state index in [0.717, 1.165) is 30.2 Å². The smallest absolute Gasteiger partial charge is 0.207 e. The van der Waals surface area contributed by atoms with E-state index in [4.69, 9.17) is 23.2 Å². The molecule has 0 saturated heterocycles. The van der Waals surface area contributed by atoms with Gasteiger partial charge in [0.25, 0.3) is 0 Å². The second-order valence-corrected chi connectivity index (χ2v) is 9.02. The van der Waals surface area contributed by atoms with Crippen molar-refractivity contribution in [2.75, 3.05) is 5.88 Å². The van der Waals surface area contributed by atoms with Crippen molar-refractivity contribution >= 4 is 49.2 Å². The second-order valence-electron chi connectivity index (χ2n) is 5.78. The molecule has 0 spiro atoms. The number of halogens is 3. The largest absolute Gasteiger partial charge is 0.242 e. The second kappa shape index (κ2) is 6.75. The van der Waals surface area contributed by atoms with E-state index in [2.05, 4.69) is 27.6 Å². The third-order valence-corrected chi connectivity index (χ3v) is 7.09. The van der Waals surface area contributed by atoms with Crippen LogP contribution in [0.15, 0.2) is 27.6 Å². The number of alkyl halides is 1. The van der Waals surface area contributed by atoms with Crippen LogP contribution < -0.4 is 4.72 Å². The third kappa shape index (κ3) is 4.14. The Morgan fingerprint density at radius 1 is 1.38 bits per heavy atom. The summed E-state index contributed by atoms with van der Waals surface area (Å²) in [5, 5.41) is 0.200. The van der Waals surface area contributed by atoms with Gasteiger partial charge in [-0.05, 0) is 49.8 Å². The van der Waals surface area contributed by atoms with Crippen molar-refractivity contribution in [2.24, 2.45) is 5.92 Å². The first-order valence-electron chi connectivity index (χ1n) is 6.83. The summed E-state index contributed by atoms with van der Waals surface area (Å²) in [6.07, 6.45) is 3.46. The van der Waals surface area contributed by atoms with E-state index in [1.807, 2.05) is 0 Å². The topological polar surface area (TPSA) is 46.2 Å². The molecular weight excluding hydrogens is 397 g/mol. The molecule has 1 saturated carbocycles. The molecule has 0 aromatic heterocycles. The Labute approximate surface area is 144 Å². The van der Waals surface area contributed by atoms with Crippen molar-refractivity contribution in [2.45, 2.75) is 43.0 Å². The van der Waals surface area contributed by atoms with Gasteiger partial charge in [0.05, 0.1) is 5.02 Å². The lowest BCUT2D eigenvalue weighted by atomic mass is 9.79. The molecule has 1 aromatic rings. The Balaban J connectivity index is 2.27. The molecule has 1 N–H and O–H groups in total. The van der Waals surface area contributed by atoms with E-state index in [0.29, 0.717) is 5.92 Å². The fraction of sp³-hybridized carbons (Fsp3) is 0.571. The van der Waals surface area contributed by atoms with Gasteiger partial charge in [0.15, 0.2) is 0 Å². The van der Waals surface area contributed by atoms with Crippen LogP contribution in [0.4, 0.5) is 0 Å². The van der Waals surface area contributed by atoms with Gasteiger partial charge in [0.1, 0.15) is 4.90 Å². The minimum absolute atomic E-state index is 0.0930. The normalized spacial score (nSPS) is 26.8. The van der Waals surface area contributed by atoms with E-state index in [-0.39, 0.29) is 15.8 Å². The van der Waals surface area contributed by atoms with Crippen LogP contribution in [0.5, 0.6) is 0 Å². The number of rotatable bonds is 4. The Morgan fingerprint density at radius 3 is 2.52 bits per heavy atom. The van der Waals surface area contributed by atoms with Gasteiger partial charge in [-0.15, -0.1) is 11.6 Å². The maximum absolute atomic E-state index is 12.6. The molecule has 0 bridgehead atoms. The van der Waals surface area contributed by atoms with Crippen molar-refractivity contribution in [1.82, 2.24) is 4.72 Å². The highest BCUT2D eigenvalue weighted by Crippen LogP contribution is 2.35. The molecule has 3 nitrogen and oxygen atoms in total. The fourth-order valence-electron chi connectivity index (χ4n) is 2.61. The molecular formula is C14H18BrCl2NO2S. The first-order chi connectivity index (χ1) is 9.78. The molecule has 1 fully saturated rings. The third-order valence-electron chi connectivity index (χ3n) is 4.02. The quantitative estimate of drug-likeness (QED) is 0.733. The van der Waals surface area contributed by atoms with Gasteiger partial charge in [-0.25, -0.2) is 13.1 Å². The van der Waals surface area contributed by atoms with E-state index >= 15 is 0 Å². The Kier molecular flexibility index (Phi) is 5.64. The lowest BCUT2D eigenvalue weighted by Crippen LogP contribution is -2.52. The molecule has 0 unspecified atom stereocenters. The summed E-state index contributed by atoms with van der Waals surface area (Å²) < 4.78 is 28.8. The molecule has 0 atom stereocenters. The summed E-state index contributed by atoms with van der Waals surface area (Å²) in [4.78, 5) is 0.0930. The van der Waals surface area contributed by atoms with Crippen LogP contribution in [-0.2, 0) is 10.0 Å². The van der Waals surface area contributed by atoms with Crippen LogP contribution in [0, 0.1) is 5.92 Å². The van der Waals surface area contributed by atoms with Crippen LogP contribution in [0.25, 0.3) is 0 Å². The first kappa shape index (κ1) is 17.5. The Hall–Kier alpha value is 0.190. The van der Waals surface area contributed by atoms with Crippen molar-refractivity contribution in [1.29, 1.82) is 0 Å². The number of benzene rings is 1. The summed E-state index contributed by atoms with van der Waals surface area (Å²) >= 11 is 15.4. The lowest BCUT2D eigenvalue weighted by Gasteiger charge is -2.38. The van der Waals surface area contributed by atoms with Crippen LogP contribution in [-0.4, -0.2) is 19.8 Å². The zero-order chi connectivity index (χ0) is 15.7. The number of hydrogen-bond donors (Lipinski definition) is 1. The van der Waals surface area contributed by atoms with E-state index in [1.165, 1.54) is 6.07 Å². The molecule has 1 aliphatic carbocycles. The predicted octanol–water partition coefficient (Wildman–Crippen LogP) is 4.57. The van der Waals surface area contributed by atoms with Crippen molar-refractivity contribution in [3.05, 3.63) is 27.7 Å². The summed E-state index contributed by atoms with van der Waals surface area (Å²) in [7, 11) is -3.68. The number of sulfonamides is 1. The van der Waals surface area contributed by atoms with Crippen LogP contribution in [0.1, 0.15) is 32.6 Å². The van der Waals surface area contributed by atoms with Crippen LogP contribution >= 0.6 is 39.1 Å². The van der Waals surface area contributed by atoms with Gasteiger partial charge < -0.3 is 0 Å².